The Kier molecular flexibility index (Phi) is 9.18. The van der Waals surface area contributed by atoms with Gasteiger partial charge in [-0.3, -0.25) is 19.2 Å². The number of hydrogen-bond acceptors (Lipinski definition) is 5. The van der Waals surface area contributed by atoms with E-state index in [1.165, 1.54) is 0 Å². The molecule has 0 spiro atoms. The minimum atomic E-state index is -0.930. The highest BCUT2D eigenvalue weighted by Crippen LogP contribution is 2.35. The zero-order valence-electron chi connectivity index (χ0n) is 25.4. The molecule has 4 heterocycles. The molecule has 0 radical (unpaired) electrons. The number of carboxylic acids is 2. The Morgan fingerprint density at radius 2 is 1.56 bits per heavy atom. The number of aliphatic carboxylic acids is 2. The molecule has 1 saturated heterocycles. The highest BCUT2D eigenvalue weighted by molar-refractivity contribution is 6.14. The maximum atomic E-state index is 12.4. The van der Waals surface area contributed by atoms with Gasteiger partial charge in [-0.1, -0.05) is 13.0 Å². The van der Waals surface area contributed by atoms with Crippen LogP contribution in [0, 0.1) is 12.8 Å². The highest BCUT2D eigenvalue weighted by Gasteiger charge is 2.30. The average molecular weight is 587 g/mol. The lowest BCUT2D eigenvalue weighted by atomic mass is 9.98. The third kappa shape index (κ3) is 6.38. The van der Waals surface area contributed by atoms with Crippen LogP contribution in [-0.2, 0) is 25.6 Å². The normalized spacial score (nSPS) is 22.5. The van der Waals surface area contributed by atoms with Gasteiger partial charge in [-0.15, -0.1) is 0 Å². The summed E-state index contributed by atoms with van der Waals surface area (Å²) in [5.74, 6) is -2.35. The molecule has 4 rings (SSSR count). The fourth-order valence-electron chi connectivity index (χ4n) is 5.76. The molecule has 0 bridgehead atoms. The number of aliphatic imine (C=N–C) groups is 1. The zero-order chi connectivity index (χ0) is 31.6. The number of carbonyl (C=O) groups is 4. The summed E-state index contributed by atoms with van der Waals surface area (Å²) in [7, 11) is 0. The molecule has 0 aliphatic carbocycles. The van der Waals surface area contributed by atoms with E-state index in [2.05, 4.69) is 15.6 Å². The smallest absolute Gasteiger partial charge is 0.303 e. The lowest BCUT2D eigenvalue weighted by molar-refractivity contribution is -0.138. The van der Waals surface area contributed by atoms with Gasteiger partial charge in [0.15, 0.2) is 0 Å². The third-order valence-electron chi connectivity index (χ3n) is 8.34. The van der Waals surface area contributed by atoms with Crippen LogP contribution in [0.5, 0.6) is 0 Å². The minimum absolute atomic E-state index is 0.0782. The molecule has 10 heteroatoms. The number of rotatable bonds is 10. The van der Waals surface area contributed by atoms with Crippen LogP contribution in [0.2, 0.25) is 0 Å². The van der Waals surface area contributed by atoms with E-state index >= 15 is 0 Å². The number of hydrogen-bond donors (Lipinski definition) is 5. The van der Waals surface area contributed by atoms with Crippen LogP contribution in [0.4, 0.5) is 0 Å². The first-order valence-electron chi connectivity index (χ1n) is 14.4. The second kappa shape index (κ2) is 12.6. The first-order valence-corrected chi connectivity index (χ1v) is 14.4. The number of amides is 2. The minimum Gasteiger partial charge on any atom is -0.481 e. The number of nitrogens with zero attached hydrogens (tertiary/aromatic N) is 1. The molecule has 2 amide bonds. The van der Waals surface area contributed by atoms with Crippen molar-refractivity contribution in [3.05, 3.63) is 79.6 Å². The van der Waals surface area contributed by atoms with Gasteiger partial charge in [-0.25, -0.2) is 4.99 Å². The highest BCUT2D eigenvalue weighted by atomic mass is 16.4. The fourth-order valence-corrected chi connectivity index (χ4v) is 5.76. The van der Waals surface area contributed by atoms with Crippen molar-refractivity contribution in [1.82, 2.24) is 15.6 Å². The van der Waals surface area contributed by atoms with E-state index in [9.17, 15) is 29.4 Å². The van der Waals surface area contributed by atoms with Gasteiger partial charge in [-0.2, -0.15) is 0 Å². The summed E-state index contributed by atoms with van der Waals surface area (Å²) < 4.78 is 0. The molecule has 10 nitrogen and oxygen atoms in total. The number of H-pyrrole nitrogens is 1. The summed E-state index contributed by atoms with van der Waals surface area (Å²) in [6.45, 7) is 11.3. The van der Waals surface area contributed by atoms with E-state index in [-0.39, 0.29) is 43.4 Å². The summed E-state index contributed by atoms with van der Waals surface area (Å²) in [5, 5.41) is 24.7. The van der Waals surface area contributed by atoms with Crippen LogP contribution >= 0.6 is 0 Å². The molecule has 1 aromatic rings. The average Bonchev–Trinajstić information content (AvgIpc) is 3.59. The number of carboxylic acid groups (broad SMARTS) is 2. The number of aromatic nitrogens is 1. The zero-order valence-corrected chi connectivity index (χ0v) is 25.4. The van der Waals surface area contributed by atoms with Crippen molar-refractivity contribution in [1.29, 1.82) is 0 Å². The number of allylic oxidation sites excluding steroid dienone is 6. The van der Waals surface area contributed by atoms with Crippen LogP contribution in [-0.4, -0.2) is 44.7 Å². The van der Waals surface area contributed by atoms with Crippen molar-refractivity contribution < 1.29 is 29.4 Å². The molecular formula is C33H38N4O6. The van der Waals surface area contributed by atoms with Gasteiger partial charge in [-0.05, 0) is 106 Å². The Labute approximate surface area is 250 Å². The number of carbonyl (C=O) groups excluding carboxylic acids is 2. The summed E-state index contributed by atoms with van der Waals surface area (Å²) in [4.78, 5) is 56.0. The van der Waals surface area contributed by atoms with Gasteiger partial charge in [0.2, 0.25) is 5.91 Å². The van der Waals surface area contributed by atoms with Crippen molar-refractivity contribution in [2.75, 3.05) is 0 Å². The summed E-state index contributed by atoms with van der Waals surface area (Å²) >= 11 is 0. The van der Waals surface area contributed by atoms with Gasteiger partial charge < -0.3 is 25.8 Å². The van der Waals surface area contributed by atoms with E-state index in [0.717, 1.165) is 39.1 Å². The van der Waals surface area contributed by atoms with E-state index in [4.69, 9.17) is 4.99 Å². The first kappa shape index (κ1) is 31.2. The molecule has 226 valence electrons. The Hall–Kier alpha value is -4.73. The molecule has 0 aromatic carbocycles. The quantitative estimate of drug-likeness (QED) is 0.256. The lowest BCUT2D eigenvalue weighted by Gasteiger charge is -2.06. The van der Waals surface area contributed by atoms with E-state index in [0.29, 0.717) is 40.5 Å². The molecule has 1 atom stereocenters. The van der Waals surface area contributed by atoms with Gasteiger partial charge in [0.05, 0.1) is 17.3 Å². The molecule has 1 unspecified atom stereocenters. The second-order valence-corrected chi connectivity index (χ2v) is 11.0. The summed E-state index contributed by atoms with van der Waals surface area (Å²) in [6, 6.07) is 0. The SMILES string of the molecule is C/C=C1/C(=C\c2[nH]c(/C=C3N=C(/C=C4/NC(=O)C(CC)=C4C)C(C)=C/3CCC(=O)O)c(CCC(=O)O)c2C)NC(=O)C1C. The molecule has 3 aliphatic heterocycles. The van der Waals surface area contributed by atoms with Crippen LogP contribution in [0.1, 0.15) is 82.8 Å². The maximum Gasteiger partial charge on any atom is 0.303 e. The Morgan fingerprint density at radius 3 is 2.16 bits per heavy atom. The standard InChI is InChI=1S/C33H38N4O6/c1-7-20-19(6)32(42)37-27(20)14-25-18(5)23(10-12-31(40)41)29(35-25)15-28-22(9-11-30(38)39)17(4)24(34-28)13-26-16(3)21(8-2)33(43)36-26/h7,13-15,19,35H,8-12H2,1-6H3,(H,36,43)(H,37,42)(H,38,39)(H,40,41)/b20-7+,26-13+,27-14+,28-15+. The molecule has 43 heavy (non-hydrogen) atoms. The van der Waals surface area contributed by atoms with Crippen molar-refractivity contribution in [2.24, 2.45) is 10.9 Å². The molecule has 0 saturated carbocycles. The van der Waals surface area contributed by atoms with E-state index in [1.807, 2.05) is 65.8 Å². The lowest BCUT2D eigenvalue weighted by Crippen LogP contribution is -2.17. The Balaban J connectivity index is 1.84. The maximum absolute atomic E-state index is 12.4. The van der Waals surface area contributed by atoms with Crippen molar-refractivity contribution in [2.45, 2.75) is 73.6 Å². The van der Waals surface area contributed by atoms with Crippen molar-refractivity contribution in [3.63, 3.8) is 0 Å². The fraction of sp³-hybridized carbons (Fsp3) is 0.364. The van der Waals surface area contributed by atoms with Gasteiger partial charge in [0.25, 0.3) is 5.91 Å². The van der Waals surface area contributed by atoms with E-state index in [1.54, 1.807) is 0 Å². The summed E-state index contributed by atoms with van der Waals surface area (Å²) in [5.41, 5.74) is 9.62. The molecule has 1 aromatic heterocycles. The monoisotopic (exact) mass is 586 g/mol. The number of nitrogens with one attached hydrogen (secondary N) is 3. The topological polar surface area (TPSA) is 161 Å². The first-order chi connectivity index (χ1) is 20.4. The van der Waals surface area contributed by atoms with Crippen molar-refractivity contribution >= 4 is 41.6 Å². The van der Waals surface area contributed by atoms with Gasteiger partial charge in [0.1, 0.15) is 0 Å². The molecule has 3 aliphatic rings. The third-order valence-corrected chi connectivity index (χ3v) is 8.34. The van der Waals surface area contributed by atoms with Crippen LogP contribution < -0.4 is 10.6 Å². The van der Waals surface area contributed by atoms with Crippen molar-refractivity contribution in [3.8, 4) is 0 Å². The second-order valence-electron chi connectivity index (χ2n) is 11.0. The van der Waals surface area contributed by atoms with Gasteiger partial charge in [0, 0.05) is 41.2 Å². The van der Waals surface area contributed by atoms with Gasteiger partial charge >= 0.3 is 11.9 Å². The molecule has 5 N–H and O–H groups in total. The Morgan fingerprint density at radius 1 is 0.884 bits per heavy atom. The van der Waals surface area contributed by atoms with Crippen LogP contribution in [0.3, 0.4) is 0 Å². The molecular weight excluding hydrogens is 548 g/mol. The predicted octanol–water partition coefficient (Wildman–Crippen LogP) is 5.11. The summed E-state index contributed by atoms with van der Waals surface area (Å²) in [6.07, 6.45) is 8.37. The van der Waals surface area contributed by atoms with E-state index < -0.39 is 11.9 Å². The number of aromatic amines is 1. The molecule has 1 fully saturated rings. The predicted molar refractivity (Wildman–Crippen MR) is 165 cm³/mol. The van der Waals surface area contributed by atoms with Crippen LogP contribution in [0.25, 0.3) is 12.2 Å². The van der Waals surface area contributed by atoms with Crippen LogP contribution in [0.15, 0.2) is 62.1 Å². The largest absolute Gasteiger partial charge is 0.481 e. The Bertz CT molecular complexity index is 1640.